The van der Waals surface area contributed by atoms with Gasteiger partial charge in [-0.05, 0) is 51.0 Å². The number of carbonyl (C=O) groups is 5. The van der Waals surface area contributed by atoms with Crippen molar-refractivity contribution in [1.82, 2.24) is 15.5 Å². The van der Waals surface area contributed by atoms with Gasteiger partial charge in [-0.25, -0.2) is 4.79 Å². The van der Waals surface area contributed by atoms with Crippen LogP contribution in [0.2, 0.25) is 0 Å². The lowest BCUT2D eigenvalue weighted by atomic mass is 10.0. The molecule has 12 nitrogen and oxygen atoms in total. The van der Waals surface area contributed by atoms with Crippen LogP contribution in [0.5, 0.6) is 0 Å². The molecule has 1 fully saturated rings. The van der Waals surface area contributed by atoms with Gasteiger partial charge in [-0.2, -0.15) is 0 Å². The molecule has 0 bridgehead atoms. The molecule has 3 amide bonds. The van der Waals surface area contributed by atoms with Crippen molar-refractivity contribution in [3.63, 3.8) is 0 Å². The Hall–Kier alpha value is -2.73. The van der Waals surface area contributed by atoms with Crippen molar-refractivity contribution in [3.8, 4) is 0 Å². The second-order valence-electron chi connectivity index (χ2n) is 8.77. The van der Waals surface area contributed by atoms with Crippen LogP contribution in [0.15, 0.2) is 0 Å². The number of hydrogen-bond acceptors (Lipinski definition) is 7. The third-order valence-corrected chi connectivity index (χ3v) is 5.46. The fourth-order valence-corrected chi connectivity index (χ4v) is 3.79. The average molecular weight is 472 g/mol. The SMILES string of the molecule is CC(C)CC(N)C(=O)NC(CCCCN)C(=O)N1CCCC1C(=O)NC(CC(=O)O)C(=O)O. The summed E-state index contributed by atoms with van der Waals surface area (Å²) in [4.78, 5) is 62.0. The molecular weight excluding hydrogens is 434 g/mol. The van der Waals surface area contributed by atoms with Crippen LogP contribution in [-0.4, -0.2) is 82.0 Å². The first-order valence-electron chi connectivity index (χ1n) is 11.3. The van der Waals surface area contributed by atoms with E-state index in [1.807, 2.05) is 13.8 Å². The lowest BCUT2D eigenvalue weighted by Crippen LogP contribution is -2.57. The van der Waals surface area contributed by atoms with E-state index in [1.165, 1.54) is 4.90 Å². The van der Waals surface area contributed by atoms with Crippen LogP contribution >= 0.6 is 0 Å². The Morgan fingerprint density at radius 1 is 1.06 bits per heavy atom. The van der Waals surface area contributed by atoms with Crippen LogP contribution in [-0.2, 0) is 24.0 Å². The van der Waals surface area contributed by atoms with Crippen LogP contribution in [0.3, 0.4) is 0 Å². The van der Waals surface area contributed by atoms with Gasteiger partial charge in [-0.3, -0.25) is 19.2 Å². The van der Waals surface area contributed by atoms with E-state index < -0.39 is 60.2 Å². The number of nitrogens with one attached hydrogen (secondary N) is 2. The van der Waals surface area contributed by atoms with Gasteiger partial charge in [0, 0.05) is 6.54 Å². The highest BCUT2D eigenvalue weighted by Crippen LogP contribution is 2.20. The van der Waals surface area contributed by atoms with Gasteiger partial charge >= 0.3 is 11.9 Å². The van der Waals surface area contributed by atoms with E-state index in [0.29, 0.717) is 45.1 Å². The van der Waals surface area contributed by atoms with E-state index in [0.717, 1.165) is 0 Å². The largest absolute Gasteiger partial charge is 0.481 e. The molecule has 1 saturated heterocycles. The summed E-state index contributed by atoms with van der Waals surface area (Å²) in [6, 6.07) is -4.24. The third-order valence-electron chi connectivity index (χ3n) is 5.46. The lowest BCUT2D eigenvalue weighted by molar-refractivity contribution is -0.148. The van der Waals surface area contributed by atoms with E-state index in [1.54, 1.807) is 0 Å². The number of hydrogen-bond donors (Lipinski definition) is 6. The molecule has 12 heteroatoms. The molecule has 8 N–H and O–H groups in total. The second-order valence-corrected chi connectivity index (χ2v) is 8.77. The molecular formula is C21H37N5O7. The van der Waals surface area contributed by atoms with Gasteiger partial charge in [0.2, 0.25) is 17.7 Å². The van der Waals surface area contributed by atoms with Gasteiger partial charge < -0.3 is 37.2 Å². The van der Waals surface area contributed by atoms with Crippen molar-refractivity contribution < 1.29 is 34.2 Å². The summed E-state index contributed by atoms with van der Waals surface area (Å²) in [5, 5.41) is 23.0. The molecule has 188 valence electrons. The molecule has 0 aliphatic carbocycles. The van der Waals surface area contributed by atoms with Gasteiger partial charge in [0.15, 0.2) is 0 Å². The predicted molar refractivity (Wildman–Crippen MR) is 119 cm³/mol. The maximum Gasteiger partial charge on any atom is 0.326 e. The minimum absolute atomic E-state index is 0.191. The standard InChI is InChI=1S/C21H37N5O7/c1-12(2)10-13(23)18(29)24-14(6-3-4-8-22)20(31)26-9-5-7-16(26)19(30)25-15(21(32)33)11-17(27)28/h12-16H,3-11,22-23H2,1-2H3,(H,24,29)(H,25,30)(H,27,28)(H,32,33). The van der Waals surface area contributed by atoms with Gasteiger partial charge in [0.05, 0.1) is 12.5 Å². The number of rotatable bonds is 14. The summed E-state index contributed by atoms with van der Waals surface area (Å²) >= 11 is 0. The monoisotopic (exact) mass is 471 g/mol. The van der Waals surface area contributed by atoms with Crippen LogP contribution in [0, 0.1) is 5.92 Å². The van der Waals surface area contributed by atoms with E-state index >= 15 is 0 Å². The van der Waals surface area contributed by atoms with Gasteiger partial charge in [-0.1, -0.05) is 13.8 Å². The van der Waals surface area contributed by atoms with Crippen LogP contribution in [0.4, 0.5) is 0 Å². The highest BCUT2D eigenvalue weighted by Gasteiger charge is 2.39. The quantitative estimate of drug-likeness (QED) is 0.172. The number of amides is 3. The second kappa shape index (κ2) is 13.7. The first kappa shape index (κ1) is 28.3. The van der Waals surface area contributed by atoms with E-state index in [-0.39, 0.29) is 12.5 Å². The molecule has 1 aliphatic heterocycles. The number of carboxylic acids is 2. The number of unbranched alkanes of at least 4 members (excludes halogenated alkanes) is 1. The molecule has 33 heavy (non-hydrogen) atoms. The minimum atomic E-state index is -1.61. The molecule has 0 aromatic rings. The molecule has 0 radical (unpaired) electrons. The summed E-state index contributed by atoms with van der Waals surface area (Å²) in [5.74, 6) is -4.31. The Bertz CT molecular complexity index is 715. The van der Waals surface area contributed by atoms with Gasteiger partial charge in [0.25, 0.3) is 0 Å². The average Bonchev–Trinajstić information content (AvgIpc) is 3.21. The Morgan fingerprint density at radius 3 is 2.27 bits per heavy atom. The summed E-state index contributed by atoms with van der Waals surface area (Å²) in [7, 11) is 0. The predicted octanol–water partition coefficient (Wildman–Crippen LogP) is -0.991. The Kier molecular flexibility index (Phi) is 11.8. The third kappa shape index (κ3) is 9.34. The molecule has 1 heterocycles. The molecule has 0 spiro atoms. The molecule has 0 aromatic carbocycles. The molecule has 0 aromatic heterocycles. The van der Waals surface area contributed by atoms with Crippen molar-refractivity contribution in [1.29, 1.82) is 0 Å². The number of nitrogens with zero attached hydrogens (tertiary/aromatic N) is 1. The first-order valence-corrected chi connectivity index (χ1v) is 11.3. The topological polar surface area (TPSA) is 205 Å². The maximum absolute atomic E-state index is 13.3. The Morgan fingerprint density at radius 2 is 1.73 bits per heavy atom. The summed E-state index contributed by atoms with van der Waals surface area (Å²) < 4.78 is 0. The number of likely N-dealkylation sites (tertiary alicyclic amines) is 1. The lowest BCUT2D eigenvalue weighted by Gasteiger charge is -2.30. The van der Waals surface area contributed by atoms with Crippen molar-refractivity contribution in [2.75, 3.05) is 13.1 Å². The fourth-order valence-electron chi connectivity index (χ4n) is 3.79. The minimum Gasteiger partial charge on any atom is -0.481 e. The zero-order chi connectivity index (χ0) is 25.1. The van der Waals surface area contributed by atoms with E-state index in [4.69, 9.17) is 16.6 Å². The van der Waals surface area contributed by atoms with Crippen molar-refractivity contribution >= 4 is 29.7 Å². The summed E-state index contributed by atoms with van der Waals surface area (Å²) in [6.07, 6.45) is 2.02. The van der Waals surface area contributed by atoms with Crippen LogP contribution in [0.1, 0.15) is 58.8 Å². The molecule has 0 saturated carbocycles. The Balaban J connectivity index is 2.94. The highest BCUT2D eigenvalue weighted by atomic mass is 16.4. The van der Waals surface area contributed by atoms with Crippen LogP contribution < -0.4 is 22.1 Å². The van der Waals surface area contributed by atoms with Crippen molar-refractivity contribution in [3.05, 3.63) is 0 Å². The zero-order valence-electron chi connectivity index (χ0n) is 19.3. The highest BCUT2D eigenvalue weighted by molar-refractivity contribution is 5.95. The molecule has 4 atom stereocenters. The number of carbonyl (C=O) groups excluding carboxylic acids is 3. The number of nitrogens with two attached hydrogens (primary N) is 2. The van der Waals surface area contributed by atoms with Crippen LogP contribution in [0.25, 0.3) is 0 Å². The summed E-state index contributed by atoms with van der Waals surface area (Å²) in [5.41, 5.74) is 11.5. The molecule has 1 rings (SSSR count). The molecule has 4 unspecified atom stereocenters. The fraction of sp³-hybridized carbons (Fsp3) is 0.762. The Labute approximate surface area is 193 Å². The maximum atomic E-state index is 13.3. The molecule has 1 aliphatic rings. The van der Waals surface area contributed by atoms with Crippen molar-refractivity contribution in [2.24, 2.45) is 17.4 Å². The zero-order valence-corrected chi connectivity index (χ0v) is 19.3. The van der Waals surface area contributed by atoms with Gasteiger partial charge in [0.1, 0.15) is 18.1 Å². The first-order chi connectivity index (χ1) is 15.5. The van der Waals surface area contributed by atoms with E-state index in [2.05, 4.69) is 10.6 Å². The number of carboxylic acid groups (broad SMARTS) is 2. The van der Waals surface area contributed by atoms with E-state index in [9.17, 15) is 29.1 Å². The van der Waals surface area contributed by atoms with Crippen molar-refractivity contribution in [2.45, 2.75) is 83.0 Å². The number of aliphatic carboxylic acids is 2. The smallest absolute Gasteiger partial charge is 0.326 e. The van der Waals surface area contributed by atoms with Gasteiger partial charge in [-0.15, -0.1) is 0 Å². The normalized spacial score (nSPS) is 18.5. The summed E-state index contributed by atoms with van der Waals surface area (Å²) in [6.45, 7) is 4.55.